The Hall–Kier alpha value is -0.830. The van der Waals surface area contributed by atoms with Crippen LogP contribution in [0.2, 0.25) is 0 Å². The Morgan fingerprint density at radius 2 is 2.13 bits per heavy atom. The first kappa shape index (κ1) is 10.7. The van der Waals surface area contributed by atoms with E-state index >= 15 is 0 Å². The third-order valence-corrected chi connectivity index (χ3v) is 3.62. The first-order valence-corrected chi connectivity index (χ1v) is 5.93. The molecule has 1 aliphatic rings. The van der Waals surface area contributed by atoms with Gasteiger partial charge in [-0.25, -0.2) is 0 Å². The monoisotopic (exact) mass is 207 g/mol. The third-order valence-electron chi connectivity index (χ3n) is 3.62. The molecule has 0 amide bonds. The van der Waals surface area contributed by atoms with Crippen LogP contribution in [0.4, 0.5) is 0 Å². The summed E-state index contributed by atoms with van der Waals surface area (Å²) < 4.78 is 2.21. The van der Waals surface area contributed by atoms with Crippen molar-refractivity contribution >= 4 is 0 Å². The molecule has 0 aliphatic heterocycles. The Bertz CT molecular complexity index is 354. The lowest BCUT2D eigenvalue weighted by Gasteiger charge is -2.12. The molecule has 1 fully saturated rings. The molecule has 0 spiro atoms. The van der Waals surface area contributed by atoms with Gasteiger partial charge in [-0.1, -0.05) is 6.92 Å². The van der Waals surface area contributed by atoms with Gasteiger partial charge in [-0.3, -0.25) is 4.68 Å². The van der Waals surface area contributed by atoms with Gasteiger partial charge >= 0.3 is 0 Å². The molecule has 3 heteroatoms. The van der Waals surface area contributed by atoms with E-state index in [1.54, 1.807) is 0 Å². The summed E-state index contributed by atoms with van der Waals surface area (Å²) in [6.45, 7) is 6.49. The minimum atomic E-state index is 0.379. The van der Waals surface area contributed by atoms with Crippen molar-refractivity contribution in [2.75, 3.05) is 0 Å². The van der Waals surface area contributed by atoms with E-state index in [-0.39, 0.29) is 0 Å². The zero-order valence-electron chi connectivity index (χ0n) is 9.95. The van der Waals surface area contributed by atoms with E-state index in [0.29, 0.717) is 12.1 Å². The van der Waals surface area contributed by atoms with Crippen LogP contribution < -0.4 is 5.73 Å². The van der Waals surface area contributed by atoms with Gasteiger partial charge in [-0.2, -0.15) is 5.10 Å². The second-order valence-electron chi connectivity index (χ2n) is 4.67. The average Bonchev–Trinajstić information content (AvgIpc) is 2.71. The van der Waals surface area contributed by atoms with Gasteiger partial charge in [0.1, 0.15) is 0 Å². The highest BCUT2D eigenvalue weighted by molar-refractivity contribution is 5.24. The van der Waals surface area contributed by atoms with Gasteiger partial charge in [-0.15, -0.1) is 0 Å². The summed E-state index contributed by atoms with van der Waals surface area (Å²) in [6.07, 6.45) is 4.50. The molecule has 1 aliphatic carbocycles. The number of hydrogen-bond acceptors (Lipinski definition) is 2. The van der Waals surface area contributed by atoms with Crippen molar-refractivity contribution in [1.29, 1.82) is 0 Å². The molecule has 0 saturated heterocycles. The molecule has 0 aromatic carbocycles. The fourth-order valence-electron chi connectivity index (χ4n) is 2.78. The summed E-state index contributed by atoms with van der Waals surface area (Å²) in [7, 11) is 0. The molecule has 1 aromatic heterocycles. The SMILES string of the molecule is CCc1c(C)nn(C2CCC(N)C2)c1C. The third kappa shape index (κ3) is 1.81. The summed E-state index contributed by atoms with van der Waals surface area (Å²) in [4.78, 5) is 0. The van der Waals surface area contributed by atoms with E-state index in [9.17, 15) is 0 Å². The van der Waals surface area contributed by atoms with Crippen molar-refractivity contribution < 1.29 is 0 Å². The molecule has 3 nitrogen and oxygen atoms in total. The normalized spacial score (nSPS) is 26.1. The molecule has 2 unspecified atom stereocenters. The van der Waals surface area contributed by atoms with Crippen molar-refractivity contribution in [2.24, 2.45) is 5.73 Å². The summed E-state index contributed by atoms with van der Waals surface area (Å²) >= 11 is 0. The quantitative estimate of drug-likeness (QED) is 0.807. The van der Waals surface area contributed by atoms with E-state index in [2.05, 4.69) is 30.6 Å². The number of nitrogens with zero attached hydrogens (tertiary/aromatic N) is 2. The summed E-state index contributed by atoms with van der Waals surface area (Å²) in [5.41, 5.74) is 9.89. The van der Waals surface area contributed by atoms with Gasteiger partial charge in [0.2, 0.25) is 0 Å². The van der Waals surface area contributed by atoms with Gasteiger partial charge in [0.05, 0.1) is 11.7 Å². The fourth-order valence-corrected chi connectivity index (χ4v) is 2.78. The Labute approximate surface area is 91.7 Å². The minimum Gasteiger partial charge on any atom is -0.328 e. The average molecular weight is 207 g/mol. The highest BCUT2D eigenvalue weighted by Gasteiger charge is 2.25. The molecule has 2 rings (SSSR count). The number of aromatic nitrogens is 2. The van der Waals surface area contributed by atoms with Crippen LogP contribution in [-0.2, 0) is 6.42 Å². The Kier molecular flexibility index (Phi) is 2.83. The lowest BCUT2D eigenvalue weighted by molar-refractivity contribution is 0.448. The lowest BCUT2D eigenvalue weighted by Crippen LogP contribution is -2.17. The number of aryl methyl sites for hydroxylation is 1. The smallest absolute Gasteiger partial charge is 0.0628 e. The maximum absolute atomic E-state index is 5.95. The molecule has 1 aromatic rings. The number of rotatable bonds is 2. The Morgan fingerprint density at radius 3 is 2.60 bits per heavy atom. The predicted octanol–water partition coefficient (Wildman–Crippen LogP) is 2.11. The maximum Gasteiger partial charge on any atom is 0.0628 e. The second kappa shape index (κ2) is 3.97. The Morgan fingerprint density at radius 1 is 1.40 bits per heavy atom. The zero-order chi connectivity index (χ0) is 11.0. The van der Waals surface area contributed by atoms with Crippen molar-refractivity contribution in [3.63, 3.8) is 0 Å². The van der Waals surface area contributed by atoms with Crippen LogP contribution in [0, 0.1) is 13.8 Å². The van der Waals surface area contributed by atoms with Crippen LogP contribution in [0.3, 0.4) is 0 Å². The largest absolute Gasteiger partial charge is 0.328 e. The number of nitrogens with two attached hydrogens (primary N) is 1. The molecule has 1 heterocycles. The van der Waals surface area contributed by atoms with Crippen LogP contribution in [0.1, 0.15) is 49.2 Å². The van der Waals surface area contributed by atoms with Gasteiger partial charge in [0.25, 0.3) is 0 Å². The van der Waals surface area contributed by atoms with E-state index in [1.807, 2.05) is 0 Å². The molecule has 1 saturated carbocycles. The van der Waals surface area contributed by atoms with Crippen molar-refractivity contribution in [3.8, 4) is 0 Å². The van der Waals surface area contributed by atoms with Crippen LogP contribution in [0.15, 0.2) is 0 Å². The van der Waals surface area contributed by atoms with E-state index < -0.39 is 0 Å². The predicted molar refractivity (Wildman–Crippen MR) is 61.9 cm³/mol. The molecule has 84 valence electrons. The van der Waals surface area contributed by atoms with Crippen LogP contribution in [0.25, 0.3) is 0 Å². The van der Waals surface area contributed by atoms with Crippen LogP contribution >= 0.6 is 0 Å². The van der Waals surface area contributed by atoms with Crippen molar-refractivity contribution in [3.05, 3.63) is 17.0 Å². The minimum absolute atomic E-state index is 0.379. The van der Waals surface area contributed by atoms with Crippen molar-refractivity contribution in [1.82, 2.24) is 9.78 Å². The maximum atomic E-state index is 5.95. The highest BCUT2D eigenvalue weighted by atomic mass is 15.3. The summed E-state index contributed by atoms with van der Waals surface area (Å²) in [6, 6.07) is 0.919. The van der Waals surface area contributed by atoms with Crippen LogP contribution in [-0.4, -0.2) is 15.8 Å². The molecular weight excluding hydrogens is 186 g/mol. The second-order valence-corrected chi connectivity index (χ2v) is 4.67. The lowest BCUT2D eigenvalue weighted by atomic mass is 10.1. The fraction of sp³-hybridized carbons (Fsp3) is 0.750. The summed E-state index contributed by atoms with van der Waals surface area (Å²) in [5.74, 6) is 0. The van der Waals surface area contributed by atoms with E-state index in [0.717, 1.165) is 19.3 Å². The van der Waals surface area contributed by atoms with Gasteiger partial charge < -0.3 is 5.73 Å². The first-order valence-electron chi connectivity index (χ1n) is 5.93. The molecule has 0 bridgehead atoms. The molecule has 0 radical (unpaired) electrons. The molecule has 2 atom stereocenters. The molecular formula is C12H21N3. The van der Waals surface area contributed by atoms with E-state index in [4.69, 9.17) is 5.73 Å². The van der Waals surface area contributed by atoms with Gasteiger partial charge in [-0.05, 0) is 45.1 Å². The topological polar surface area (TPSA) is 43.8 Å². The van der Waals surface area contributed by atoms with Gasteiger partial charge in [0.15, 0.2) is 0 Å². The number of hydrogen-bond donors (Lipinski definition) is 1. The van der Waals surface area contributed by atoms with Gasteiger partial charge in [0, 0.05) is 11.7 Å². The molecule has 15 heavy (non-hydrogen) atoms. The Balaban J connectivity index is 2.29. The summed E-state index contributed by atoms with van der Waals surface area (Å²) in [5, 5.41) is 4.66. The van der Waals surface area contributed by atoms with E-state index in [1.165, 1.54) is 23.4 Å². The van der Waals surface area contributed by atoms with Crippen molar-refractivity contribution in [2.45, 2.75) is 58.5 Å². The first-order chi connectivity index (χ1) is 7.13. The highest BCUT2D eigenvalue weighted by Crippen LogP contribution is 2.30. The molecule has 2 N–H and O–H groups in total. The standard InChI is InChI=1S/C12H21N3/c1-4-12-8(2)14-15(9(12)3)11-6-5-10(13)7-11/h10-11H,4-7,13H2,1-3H3. The van der Waals surface area contributed by atoms with Crippen LogP contribution in [0.5, 0.6) is 0 Å². The zero-order valence-corrected chi connectivity index (χ0v) is 9.95.